The van der Waals surface area contributed by atoms with Gasteiger partial charge in [0, 0.05) is 24.5 Å². The molecule has 1 aliphatic rings. The molecule has 152 valence electrons. The Labute approximate surface area is 176 Å². The summed E-state index contributed by atoms with van der Waals surface area (Å²) in [5.41, 5.74) is 4.39. The first-order chi connectivity index (χ1) is 14.2. The van der Waals surface area contributed by atoms with Crippen molar-refractivity contribution >= 4 is 28.7 Å². The lowest BCUT2D eigenvalue weighted by Crippen LogP contribution is -2.44. The zero-order valence-corrected chi connectivity index (χ0v) is 18.0. The predicted molar refractivity (Wildman–Crippen MR) is 118 cm³/mol. The van der Waals surface area contributed by atoms with Crippen molar-refractivity contribution < 1.29 is 4.79 Å². The third-order valence-electron chi connectivity index (χ3n) is 5.85. The molecule has 0 radical (unpaired) electrons. The van der Waals surface area contributed by atoms with Gasteiger partial charge in [-0.1, -0.05) is 43.0 Å². The summed E-state index contributed by atoms with van der Waals surface area (Å²) in [6.07, 6.45) is 8.04. The molecular formula is C23H28N4OS. The lowest BCUT2D eigenvalue weighted by atomic mass is 10.00. The number of rotatable bonds is 6. The summed E-state index contributed by atoms with van der Waals surface area (Å²) in [6.45, 7) is 5.51. The molecule has 1 atom stereocenters. The van der Waals surface area contributed by atoms with Crippen LogP contribution in [-0.2, 0) is 17.1 Å². The largest absolute Gasteiger partial charge is 0.338 e. The minimum absolute atomic E-state index is 0.192. The van der Waals surface area contributed by atoms with Crippen LogP contribution in [-0.4, -0.2) is 37.9 Å². The van der Waals surface area contributed by atoms with E-state index >= 15 is 0 Å². The third-order valence-corrected chi connectivity index (χ3v) is 6.87. The van der Waals surface area contributed by atoms with Crippen molar-refractivity contribution in [2.24, 2.45) is 0 Å². The highest BCUT2D eigenvalue weighted by molar-refractivity contribution is 7.98. The van der Waals surface area contributed by atoms with E-state index in [1.54, 1.807) is 18.0 Å². The number of aromatic nitrogens is 3. The molecule has 3 aromatic rings. The number of thioether (sulfide) groups is 1. The van der Waals surface area contributed by atoms with Gasteiger partial charge in [0.25, 0.3) is 0 Å². The molecule has 1 saturated heterocycles. The van der Waals surface area contributed by atoms with Crippen molar-refractivity contribution in [3.05, 3.63) is 53.9 Å². The Morgan fingerprint density at radius 3 is 2.93 bits per heavy atom. The van der Waals surface area contributed by atoms with E-state index in [0.717, 1.165) is 47.7 Å². The summed E-state index contributed by atoms with van der Waals surface area (Å²) < 4.78 is 2.05. The maximum Gasteiger partial charge on any atom is 0.242 e. The fourth-order valence-corrected chi connectivity index (χ4v) is 5.19. The average molecular weight is 409 g/mol. The maximum atomic E-state index is 13.2. The number of imidazole rings is 1. The Morgan fingerprint density at radius 1 is 1.24 bits per heavy atom. The number of carbonyl (C=O) groups excluding carboxylic acids is 1. The first-order valence-electron chi connectivity index (χ1n) is 10.4. The number of hydrogen-bond donors (Lipinski definition) is 0. The molecular weight excluding hydrogens is 380 g/mol. The van der Waals surface area contributed by atoms with E-state index in [2.05, 4.69) is 52.6 Å². The topological polar surface area (TPSA) is 51.0 Å². The number of piperidine rings is 1. The van der Waals surface area contributed by atoms with Crippen LogP contribution in [0.5, 0.6) is 0 Å². The molecule has 2 aromatic heterocycles. The normalized spacial score (nSPS) is 17.0. The number of aryl methyl sites for hydroxylation is 1. The summed E-state index contributed by atoms with van der Waals surface area (Å²) in [6, 6.07) is 10.7. The smallest absolute Gasteiger partial charge is 0.242 e. The first kappa shape index (κ1) is 20.0. The van der Waals surface area contributed by atoms with Crippen LogP contribution in [0.4, 0.5) is 0 Å². The molecule has 0 N–H and O–H groups in total. The lowest BCUT2D eigenvalue weighted by molar-refractivity contribution is -0.135. The second kappa shape index (κ2) is 8.99. The van der Waals surface area contributed by atoms with E-state index < -0.39 is 0 Å². The number of fused-ring (bicyclic) bond motifs is 1. The second-order valence-corrected chi connectivity index (χ2v) is 8.65. The Bertz CT molecular complexity index is 999. The van der Waals surface area contributed by atoms with Crippen molar-refractivity contribution in [3.8, 4) is 0 Å². The summed E-state index contributed by atoms with van der Waals surface area (Å²) in [7, 11) is 0. The quantitative estimate of drug-likeness (QED) is 0.549. The number of pyridine rings is 1. The van der Waals surface area contributed by atoms with E-state index in [1.807, 2.05) is 12.3 Å². The van der Waals surface area contributed by atoms with Gasteiger partial charge in [0.05, 0.1) is 17.2 Å². The van der Waals surface area contributed by atoms with E-state index in [1.165, 1.54) is 17.5 Å². The van der Waals surface area contributed by atoms with Gasteiger partial charge in [-0.15, -0.1) is 0 Å². The van der Waals surface area contributed by atoms with E-state index in [4.69, 9.17) is 4.98 Å². The summed E-state index contributed by atoms with van der Waals surface area (Å²) in [5, 5.41) is 0.884. The number of hydrogen-bond acceptors (Lipinski definition) is 4. The van der Waals surface area contributed by atoms with Gasteiger partial charge in [-0.2, -0.15) is 0 Å². The van der Waals surface area contributed by atoms with Crippen LogP contribution in [0.1, 0.15) is 43.7 Å². The van der Waals surface area contributed by atoms with Gasteiger partial charge in [0.1, 0.15) is 6.54 Å². The molecule has 1 aliphatic heterocycles. The maximum absolute atomic E-state index is 13.2. The molecule has 1 aromatic carbocycles. The van der Waals surface area contributed by atoms with Gasteiger partial charge in [-0.05, 0) is 49.8 Å². The van der Waals surface area contributed by atoms with Crippen molar-refractivity contribution in [1.29, 1.82) is 0 Å². The first-order valence-corrected chi connectivity index (χ1v) is 11.4. The van der Waals surface area contributed by atoms with Crippen molar-refractivity contribution in [1.82, 2.24) is 19.4 Å². The molecule has 1 amide bonds. The van der Waals surface area contributed by atoms with E-state index in [-0.39, 0.29) is 5.91 Å². The van der Waals surface area contributed by atoms with Crippen LogP contribution in [0.3, 0.4) is 0 Å². The molecule has 0 saturated carbocycles. The fraction of sp³-hybridized carbons (Fsp3) is 0.435. The van der Waals surface area contributed by atoms with Crippen molar-refractivity contribution in [2.75, 3.05) is 6.54 Å². The predicted octanol–water partition coefficient (Wildman–Crippen LogP) is 4.82. The third kappa shape index (κ3) is 4.32. The SMILES string of the molecule is CCC1CCCCN1C(=O)Cn1c(SCc2ccccc2C)nc2ccncc21. The fourth-order valence-electron chi connectivity index (χ4n) is 4.10. The number of likely N-dealkylation sites (tertiary alicyclic amines) is 1. The van der Waals surface area contributed by atoms with Crippen LogP contribution in [0.25, 0.3) is 11.0 Å². The van der Waals surface area contributed by atoms with E-state index in [9.17, 15) is 4.79 Å². The van der Waals surface area contributed by atoms with Crippen molar-refractivity contribution in [2.45, 2.75) is 63.0 Å². The highest BCUT2D eigenvalue weighted by Gasteiger charge is 2.26. The second-order valence-electron chi connectivity index (χ2n) is 7.71. The molecule has 0 spiro atoms. The summed E-state index contributed by atoms with van der Waals surface area (Å²) in [5.74, 6) is 1.02. The van der Waals surface area contributed by atoms with Crippen LogP contribution >= 0.6 is 11.8 Å². The number of benzene rings is 1. The van der Waals surface area contributed by atoms with Gasteiger partial charge in [-0.3, -0.25) is 9.78 Å². The highest BCUT2D eigenvalue weighted by atomic mass is 32.2. The Balaban J connectivity index is 1.59. The minimum atomic E-state index is 0.192. The molecule has 29 heavy (non-hydrogen) atoms. The molecule has 1 unspecified atom stereocenters. The molecule has 0 aliphatic carbocycles. The van der Waals surface area contributed by atoms with Crippen LogP contribution < -0.4 is 0 Å². The van der Waals surface area contributed by atoms with Crippen LogP contribution in [0.15, 0.2) is 47.9 Å². The summed E-state index contributed by atoms with van der Waals surface area (Å²) >= 11 is 1.69. The number of nitrogens with zero attached hydrogens (tertiary/aromatic N) is 4. The molecule has 0 bridgehead atoms. The van der Waals surface area contributed by atoms with Gasteiger partial charge in [0.15, 0.2) is 5.16 Å². The Kier molecular flexibility index (Phi) is 6.19. The van der Waals surface area contributed by atoms with Gasteiger partial charge in [0.2, 0.25) is 5.91 Å². The summed E-state index contributed by atoms with van der Waals surface area (Å²) in [4.78, 5) is 24.4. The van der Waals surface area contributed by atoms with E-state index in [0.29, 0.717) is 12.6 Å². The minimum Gasteiger partial charge on any atom is -0.338 e. The van der Waals surface area contributed by atoms with Gasteiger partial charge >= 0.3 is 0 Å². The van der Waals surface area contributed by atoms with Crippen LogP contribution in [0.2, 0.25) is 0 Å². The molecule has 6 heteroatoms. The lowest BCUT2D eigenvalue weighted by Gasteiger charge is -2.35. The average Bonchev–Trinajstić information content (AvgIpc) is 3.10. The molecule has 1 fully saturated rings. The zero-order chi connectivity index (χ0) is 20.2. The number of carbonyl (C=O) groups is 1. The highest BCUT2D eigenvalue weighted by Crippen LogP contribution is 2.28. The van der Waals surface area contributed by atoms with Crippen LogP contribution in [0, 0.1) is 6.92 Å². The Hall–Kier alpha value is -2.34. The molecule has 3 heterocycles. The number of amides is 1. The van der Waals surface area contributed by atoms with Crippen molar-refractivity contribution in [3.63, 3.8) is 0 Å². The zero-order valence-electron chi connectivity index (χ0n) is 17.2. The Morgan fingerprint density at radius 2 is 2.10 bits per heavy atom. The standard InChI is InChI=1S/C23H28N4OS/c1-3-19-10-6-7-13-26(19)22(28)15-27-21-14-24-12-11-20(21)25-23(27)29-16-18-9-5-4-8-17(18)2/h4-5,8-9,11-12,14,19H,3,6-7,10,13,15-16H2,1-2H3. The van der Waals surface area contributed by atoms with Gasteiger partial charge in [-0.25, -0.2) is 4.98 Å². The van der Waals surface area contributed by atoms with Gasteiger partial charge < -0.3 is 9.47 Å². The molecule has 5 nitrogen and oxygen atoms in total. The monoisotopic (exact) mass is 408 g/mol. The molecule has 4 rings (SSSR count).